The lowest BCUT2D eigenvalue weighted by atomic mass is 10.1. The number of nitrogens with zero attached hydrogens (tertiary/aromatic N) is 1. The van der Waals surface area contributed by atoms with Crippen LogP contribution in [0, 0.1) is 6.92 Å². The van der Waals surface area contributed by atoms with Gasteiger partial charge in [0, 0.05) is 5.56 Å². The van der Waals surface area contributed by atoms with Crippen molar-refractivity contribution in [2.45, 2.75) is 33.3 Å². The summed E-state index contributed by atoms with van der Waals surface area (Å²) in [7, 11) is 0. The van der Waals surface area contributed by atoms with E-state index < -0.39 is 11.6 Å². The smallest absolute Gasteiger partial charge is 0.349 e. The molecule has 0 bridgehead atoms. The van der Waals surface area contributed by atoms with E-state index in [-0.39, 0.29) is 0 Å². The van der Waals surface area contributed by atoms with Crippen molar-refractivity contribution in [2.75, 3.05) is 13.2 Å². The highest BCUT2D eigenvalue weighted by molar-refractivity contribution is 5.79. The number of hydrogen-bond acceptors (Lipinski definition) is 6. The Labute approximate surface area is 182 Å². The Morgan fingerprint density at radius 1 is 1.06 bits per heavy atom. The van der Waals surface area contributed by atoms with Crippen LogP contribution >= 0.6 is 0 Å². The molecule has 0 saturated carbocycles. The lowest BCUT2D eigenvalue weighted by Crippen LogP contribution is -2.39. The molecule has 31 heavy (non-hydrogen) atoms. The normalized spacial score (nSPS) is 11.5. The summed E-state index contributed by atoms with van der Waals surface area (Å²) in [6.07, 6.45) is 3.76. The third-order valence-electron chi connectivity index (χ3n) is 4.44. The minimum Gasteiger partial charge on any atom is -0.490 e. The molecule has 0 spiro atoms. The summed E-state index contributed by atoms with van der Waals surface area (Å²) >= 11 is 0. The highest BCUT2D eigenvalue weighted by atomic mass is 16.6. The predicted octanol–water partition coefficient (Wildman–Crippen LogP) is 5.46. The van der Waals surface area contributed by atoms with Crippen LogP contribution in [0.1, 0.15) is 32.2 Å². The molecular formula is C25H27NO5. The first-order valence-corrected chi connectivity index (χ1v) is 10.2. The van der Waals surface area contributed by atoms with Gasteiger partial charge < -0.3 is 18.6 Å². The van der Waals surface area contributed by atoms with E-state index in [9.17, 15) is 4.79 Å². The summed E-state index contributed by atoms with van der Waals surface area (Å²) in [5.74, 6) is 2.19. The lowest BCUT2D eigenvalue weighted by Gasteiger charge is -2.24. The second-order valence-electron chi connectivity index (χ2n) is 7.34. The van der Waals surface area contributed by atoms with Gasteiger partial charge in [-0.2, -0.15) is 0 Å². The monoisotopic (exact) mass is 421 g/mol. The maximum atomic E-state index is 11.9. The minimum atomic E-state index is -1.06. The average Bonchev–Trinajstić information content (AvgIpc) is 3.13. The van der Waals surface area contributed by atoms with E-state index in [2.05, 4.69) is 4.98 Å². The van der Waals surface area contributed by atoms with Crippen molar-refractivity contribution in [1.82, 2.24) is 4.98 Å². The van der Waals surface area contributed by atoms with Crippen LogP contribution in [0.5, 0.6) is 11.5 Å². The maximum absolute atomic E-state index is 11.9. The molecule has 162 valence electrons. The molecule has 0 aliphatic carbocycles. The Morgan fingerprint density at radius 3 is 2.42 bits per heavy atom. The first kappa shape index (κ1) is 22.2. The van der Waals surface area contributed by atoms with Gasteiger partial charge in [-0.3, -0.25) is 0 Å². The summed E-state index contributed by atoms with van der Waals surface area (Å²) in [4.78, 5) is 16.5. The van der Waals surface area contributed by atoms with Crippen molar-refractivity contribution in [3.63, 3.8) is 0 Å². The third kappa shape index (κ3) is 5.98. The average molecular weight is 421 g/mol. The summed E-state index contributed by atoms with van der Waals surface area (Å²) in [5, 5.41) is 0. The summed E-state index contributed by atoms with van der Waals surface area (Å²) in [5.41, 5.74) is 0.650. The Kier molecular flexibility index (Phi) is 7.13. The van der Waals surface area contributed by atoms with Gasteiger partial charge >= 0.3 is 5.97 Å². The molecule has 6 heteroatoms. The maximum Gasteiger partial charge on any atom is 0.349 e. The summed E-state index contributed by atoms with van der Waals surface area (Å²) < 4.78 is 22.3. The number of esters is 1. The van der Waals surface area contributed by atoms with Crippen LogP contribution in [0.15, 0.2) is 65.1 Å². The number of hydrogen-bond donors (Lipinski definition) is 0. The van der Waals surface area contributed by atoms with E-state index in [0.29, 0.717) is 30.6 Å². The van der Waals surface area contributed by atoms with Crippen LogP contribution in [0.25, 0.3) is 17.5 Å². The zero-order valence-corrected chi connectivity index (χ0v) is 18.3. The summed E-state index contributed by atoms with van der Waals surface area (Å²) in [6.45, 7) is 7.69. The van der Waals surface area contributed by atoms with Gasteiger partial charge in [0.2, 0.25) is 5.89 Å². The van der Waals surface area contributed by atoms with E-state index in [4.69, 9.17) is 18.6 Å². The third-order valence-corrected chi connectivity index (χ3v) is 4.44. The first-order chi connectivity index (χ1) is 14.9. The fraction of sp³-hybridized carbons (Fsp3) is 0.280. The molecule has 0 N–H and O–H groups in total. The molecule has 6 nitrogen and oxygen atoms in total. The molecule has 0 aliphatic heterocycles. The van der Waals surface area contributed by atoms with Crippen LogP contribution in [-0.2, 0) is 9.53 Å². The van der Waals surface area contributed by atoms with Crippen molar-refractivity contribution >= 4 is 12.0 Å². The fourth-order valence-corrected chi connectivity index (χ4v) is 2.82. The second kappa shape index (κ2) is 9.98. The number of carbonyl (C=O) groups is 1. The molecule has 0 fully saturated rings. The molecule has 0 unspecified atom stereocenters. The largest absolute Gasteiger partial charge is 0.490 e. The Balaban J connectivity index is 1.54. The van der Waals surface area contributed by atoms with Gasteiger partial charge in [0.05, 0.1) is 6.61 Å². The number of oxazole rings is 1. The van der Waals surface area contributed by atoms with Gasteiger partial charge in [-0.25, -0.2) is 9.78 Å². The van der Waals surface area contributed by atoms with Gasteiger partial charge in [-0.15, -0.1) is 0 Å². The van der Waals surface area contributed by atoms with Gasteiger partial charge in [-0.1, -0.05) is 18.2 Å². The van der Waals surface area contributed by atoms with E-state index in [0.717, 1.165) is 17.0 Å². The van der Waals surface area contributed by atoms with Crippen LogP contribution in [0.4, 0.5) is 0 Å². The topological polar surface area (TPSA) is 70.8 Å². The predicted molar refractivity (Wildman–Crippen MR) is 119 cm³/mol. The number of ether oxygens (including phenoxy) is 3. The van der Waals surface area contributed by atoms with E-state index >= 15 is 0 Å². The molecule has 0 saturated heterocycles. The van der Waals surface area contributed by atoms with E-state index in [1.807, 2.05) is 49.4 Å². The molecule has 1 heterocycles. The lowest BCUT2D eigenvalue weighted by molar-refractivity contribution is -0.158. The Hall–Kier alpha value is -3.54. The van der Waals surface area contributed by atoms with Gasteiger partial charge in [0.1, 0.15) is 29.6 Å². The van der Waals surface area contributed by atoms with Crippen molar-refractivity contribution in [1.29, 1.82) is 0 Å². The van der Waals surface area contributed by atoms with Crippen LogP contribution in [0.2, 0.25) is 0 Å². The molecular weight excluding hydrogens is 394 g/mol. The molecule has 0 aliphatic rings. The van der Waals surface area contributed by atoms with Crippen molar-refractivity contribution < 1.29 is 23.4 Å². The minimum absolute atomic E-state index is 0.313. The van der Waals surface area contributed by atoms with Gasteiger partial charge in [-0.05, 0) is 76.2 Å². The number of benzene rings is 2. The molecule has 0 radical (unpaired) electrons. The number of aryl methyl sites for hydroxylation is 1. The van der Waals surface area contributed by atoms with Crippen LogP contribution in [0.3, 0.4) is 0 Å². The van der Waals surface area contributed by atoms with E-state index in [1.165, 1.54) is 0 Å². The standard InChI is InChI=1S/C25H27NO5/c1-5-28-24(27)25(3,4)31-21-15-13-20(14-16-21)29-17-9-12-22-18(2)30-23(26-22)19-10-7-6-8-11-19/h6-16H,5,17H2,1-4H3/b12-9+. The van der Waals surface area contributed by atoms with Gasteiger partial charge in [0.15, 0.2) is 5.60 Å². The Morgan fingerprint density at radius 2 is 1.74 bits per heavy atom. The number of aromatic nitrogens is 1. The first-order valence-electron chi connectivity index (χ1n) is 10.2. The van der Waals surface area contributed by atoms with Crippen molar-refractivity contribution in [2.24, 2.45) is 0 Å². The quantitative estimate of drug-likeness (QED) is 0.427. The fourth-order valence-electron chi connectivity index (χ4n) is 2.82. The van der Waals surface area contributed by atoms with E-state index in [1.54, 1.807) is 45.0 Å². The highest BCUT2D eigenvalue weighted by Crippen LogP contribution is 2.24. The Bertz CT molecular complexity index is 1020. The molecule has 1 aromatic heterocycles. The number of rotatable bonds is 9. The highest BCUT2D eigenvalue weighted by Gasteiger charge is 2.31. The SMILES string of the molecule is CCOC(=O)C(C)(C)Oc1ccc(OC/C=C/c2nc(-c3ccccc3)oc2C)cc1. The zero-order valence-electron chi connectivity index (χ0n) is 18.3. The number of carbonyl (C=O) groups excluding carboxylic acids is 1. The van der Waals surface area contributed by atoms with Gasteiger partial charge in [0.25, 0.3) is 0 Å². The molecule has 3 rings (SSSR count). The van der Waals surface area contributed by atoms with Crippen LogP contribution < -0.4 is 9.47 Å². The second-order valence-corrected chi connectivity index (χ2v) is 7.34. The zero-order chi connectivity index (χ0) is 22.3. The molecule has 2 aromatic carbocycles. The van der Waals surface area contributed by atoms with Crippen molar-refractivity contribution in [3.05, 3.63) is 72.1 Å². The van der Waals surface area contributed by atoms with Crippen LogP contribution in [-0.4, -0.2) is 29.8 Å². The molecule has 3 aromatic rings. The summed E-state index contributed by atoms with van der Waals surface area (Å²) in [6, 6.07) is 16.9. The molecule has 0 atom stereocenters. The molecule has 0 amide bonds. The van der Waals surface area contributed by atoms with Crippen molar-refractivity contribution in [3.8, 4) is 23.0 Å².